The number of benzene rings is 1. The maximum Gasteiger partial charge on any atom is 0.419 e. The van der Waals surface area contributed by atoms with Crippen LogP contribution in [0.5, 0.6) is 0 Å². The summed E-state index contributed by atoms with van der Waals surface area (Å²) in [6.07, 6.45) is 1.81. The van der Waals surface area contributed by atoms with E-state index in [1.54, 1.807) is 90.2 Å². The Morgan fingerprint density at radius 3 is 2.12 bits per heavy atom. The number of alkyl carbamates (subject to hydrolysis) is 1. The number of carbonyl (C=O) groups excluding carboxylic acids is 4. The standard InChI is InChI=1S/C36H43N5O7/c1-20(2)19-46-34(45)41-18-27(22-10-12-23(13-11-22)32(43)47-35(4,5)6)26-16-24(17-38-31(26)41)25-14-15-28(37)40-29(25)30(42)21(3)39-33(44)48-36(7,8)9/h10-18,20-21H,19H2,1-9H3,(H2,37,40)(H,39,44)/t21-/m0/s1. The number of anilines is 1. The second-order valence-electron chi connectivity index (χ2n) is 13.9. The average molecular weight is 658 g/mol. The van der Waals surface area contributed by atoms with Crippen molar-refractivity contribution in [3.63, 3.8) is 0 Å². The van der Waals surface area contributed by atoms with Crippen LogP contribution in [0.15, 0.2) is 54.9 Å². The lowest BCUT2D eigenvalue weighted by Crippen LogP contribution is -2.42. The highest BCUT2D eigenvalue weighted by molar-refractivity contribution is 6.06. The van der Waals surface area contributed by atoms with Gasteiger partial charge in [0.2, 0.25) is 5.78 Å². The maximum absolute atomic E-state index is 13.6. The molecule has 0 aliphatic carbocycles. The van der Waals surface area contributed by atoms with Crippen molar-refractivity contribution < 1.29 is 33.4 Å². The van der Waals surface area contributed by atoms with E-state index in [0.717, 1.165) is 0 Å². The summed E-state index contributed by atoms with van der Waals surface area (Å²) < 4.78 is 17.7. The summed E-state index contributed by atoms with van der Waals surface area (Å²) in [6, 6.07) is 10.8. The van der Waals surface area contributed by atoms with Gasteiger partial charge in [-0.25, -0.2) is 28.9 Å². The Bertz CT molecular complexity index is 1850. The van der Waals surface area contributed by atoms with Gasteiger partial charge in [0.05, 0.1) is 18.2 Å². The van der Waals surface area contributed by atoms with E-state index in [1.807, 2.05) is 13.8 Å². The van der Waals surface area contributed by atoms with Crippen LogP contribution in [0.25, 0.3) is 33.3 Å². The summed E-state index contributed by atoms with van der Waals surface area (Å²) in [5, 5.41) is 3.14. The SMILES string of the molecule is CC(C)COC(=O)n1cc(-c2ccc(C(=O)OC(C)(C)C)cc2)c2cc(-c3ccc(N)nc3C(=O)[C@H](C)NC(=O)OC(C)(C)C)cnc21. The molecule has 4 rings (SSSR count). The largest absolute Gasteiger partial charge is 0.456 e. The lowest BCUT2D eigenvalue weighted by atomic mass is 9.98. The number of amides is 1. The molecule has 12 heteroatoms. The average Bonchev–Trinajstić information content (AvgIpc) is 3.36. The second kappa shape index (κ2) is 13.8. The number of ketones is 1. The zero-order chi connectivity index (χ0) is 35.6. The van der Waals surface area contributed by atoms with Gasteiger partial charge in [0.1, 0.15) is 28.4 Å². The molecule has 12 nitrogen and oxygen atoms in total. The number of nitrogen functional groups attached to an aromatic ring is 1. The number of nitrogens with two attached hydrogens (primary N) is 1. The van der Waals surface area contributed by atoms with Crippen LogP contribution in [0.4, 0.5) is 15.4 Å². The number of esters is 1. The number of pyridine rings is 2. The Kier molecular flexibility index (Phi) is 10.3. The molecule has 3 heterocycles. The predicted molar refractivity (Wildman–Crippen MR) is 183 cm³/mol. The molecule has 1 amide bonds. The zero-order valence-electron chi connectivity index (χ0n) is 28.8. The molecule has 0 radical (unpaired) electrons. The van der Waals surface area contributed by atoms with Gasteiger partial charge in [-0.3, -0.25) is 4.79 Å². The molecule has 0 saturated carbocycles. The van der Waals surface area contributed by atoms with Gasteiger partial charge in [0.15, 0.2) is 0 Å². The van der Waals surface area contributed by atoms with Crippen LogP contribution >= 0.6 is 0 Å². The number of fused-ring (bicyclic) bond motifs is 1. The molecule has 0 fully saturated rings. The number of hydrogen-bond donors (Lipinski definition) is 2. The fraction of sp³-hybridized carbons (Fsp3) is 0.389. The minimum atomic E-state index is -0.986. The van der Waals surface area contributed by atoms with Crippen LogP contribution in [0.2, 0.25) is 0 Å². The molecule has 1 aromatic carbocycles. The highest BCUT2D eigenvalue weighted by Crippen LogP contribution is 2.34. The van der Waals surface area contributed by atoms with Crippen molar-refractivity contribution in [1.29, 1.82) is 0 Å². The molecule has 0 bridgehead atoms. The Balaban J connectivity index is 1.80. The van der Waals surface area contributed by atoms with Crippen LogP contribution in [0, 0.1) is 5.92 Å². The third-order valence-electron chi connectivity index (χ3n) is 6.80. The molecule has 0 aliphatic heterocycles. The smallest absolute Gasteiger partial charge is 0.419 e. The molecule has 48 heavy (non-hydrogen) atoms. The number of rotatable bonds is 8. The summed E-state index contributed by atoms with van der Waals surface area (Å²) in [7, 11) is 0. The number of carbonyl (C=O) groups is 4. The van der Waals surface area contributed by atoms with Gasteiger partial charge in [0.25, 0.3) is 0 Å². The van der Waals surface area contributed by atoms with E-state index in [1.165, 1.54) is 17.7 Å². The molecule has 0 saturated heterocycles. The van der Waals surface area contributed by atoms with Crippen LogP contribution in [0.1, 0.15) is 83.2 Å². The quantitative estimate of drug-likeness (QED) is 0.114. The first-order chi connectivity index (χ1) is 22.3. The number of aromatic nitrogens is 3. The van der Waals surface area contributed by atoms with E-state index in [2.05, 4.69) is 15.3 Å². The van der Waals surface area contributed by atoms with Crippen molar-refractivity contribution in [2.45, 2.75) is 79.6 Å². The summed E-state index contributed by atoms with van der Waals surface area (Å²) >= 11 is 0. The fourth-order valence-electron chi connectivity index (χ4n) is 4.70. The molecule has 0 spiro atoms. The van der Waals surface area contributed by atoms with Crippen molar-refractivity contribution in [1.82, 2.24) is 19.9 Å². The molecule has 254 valence electrons. The Labute approximate surface area is 280 Å². The Hall–Kier alpha value is -5.26. The molecule has 1 atom stereocenters. The lowest BCUT2D eigenvalue weighted by molar-refractivity contribution is 0.00690. The molecule has 0 aliphatic rings. The highest BCUT2D eigenvalue weighted by atomic mass is 16.6. The van der Waals surface area contributed by atoms with Crippen molar-refractivity contribution in [2.24, 2.45) is 5.92 Å². The van der Waals surface area contributed by atoms with Crippen LogP contribution < -0.4 is 11.1 Å². The highest BCUT2D eigenvalue weighted by Gasteiger charge is 2.26. The first kappa shape index (κ1) is 35.6. The van der Waals surface area contributed by atoms with Crippen molar-refractivity contribution >= 4 is 40.8 Å². The van der Waals surface area contributed by atoms with E-state index >= 15 is 0 Å². The first-order valence-electron chi connectivity index (χ1n) is 15.7. The fourth-order valence-corrected chi connectivity index (χ4v) is 4.70. The van der Waals surface area contributed by atoms with E-state index < -0.39 is 41.2 Å². The van der Waals surface area contributed by atoms with Gasteiger partial charge in [0, 0.05) is 34.5 Å². The molecular weight excluding hydrogens is 614 g/mol. The Morgan fingerprint density at radius 2 is 1.52 bits per heavy atom. The van der Waals surface area contributed by atoms with Crippen molar-refractivity contribution in [2.75, 3.05) is 12.3 Å². The van der Waals surface area contributed by atoms with E-state index in [4.69, 9.17) is 19.9 Å². The lowest BCUT2D eigenvalue weighted by Gasteiger charge is -2.21. The van der Waals surface area contributed by atoms with Crippen molar-refractivity contribution in [3.8, 4) is 22.3 Å². The molecule has 3 aromatic heterocycles. The number of nitrogens with zero attached hydrogens (tertiary/aromatic N) is 3. The third kappa shape index (κ3) is 8.75. The van der Waals surface area contributed by atoms with E-state index in [9.17, 15) is 19.2 Å². The van der Waals surface area contributed by atoms with Gasteiger partial charge in [-0.05, 0) is 90.3 Å². The zero-order valence-corrected chi connectivity index (χ0v) is 28.8. The predicted octanol–water partition coefficient (Wildman–Crippen LogP) is 7.04. The minimum Gasteiger partial charge on any atom is -0.456 e. The number of ether oxygens (including phenoxy) is 3. The summed E-state index contributed by atoms with van der Waals surface area (Å²) in [5.74, 6) is -0.709. The van der Waals surface area contributed by atoms with Crippen LogP contribution in [-0.4, -0.2) is 62.3 Å². The summed E-state index contributed by atoms with van der Waals surface area (Å²) in [4.78, 5) is 60.8. The normalized spacial score (nSPS) is 12.5. The van der Waals surface area contributed by atoms with Crippen molar-refractivity contribution in [3.05, 3.63) is 66.1 Å². The first-order valence-corrected chi connectivity index (χ1v) is 15.7. The third-order valence-corrected chi connectivity index (χ3v) is 6.80. The molecule has 4 aromatic rings. The van der Waals surface area contributed by atoms with E-state index in [-0.39, 0.29) is 24.0 Å². The van der Waals surface area contributed by atoms with Gasteiger partial charge in [-0.15, -0.1) is 0 Å². The molecular formula is C36H43N5O7. The second-order valence-corrected chi connectivity index (χ2v) is 13.9. The molecule has 0 unspecified atom stereocenters. The summed E-state index contributed by atoms with van der Waals surface area (Å²) in [5.41, 5.74) is 7.59. The van der Waals surface area contributed by atoms with Gasteiger partial charge >= 0.3 is 18.2 Å². The topological polar surface area (TPSA) is 165 Å². The van der Waals surface area contributed by atoms with Crippen LogP contribution in [0.3, 0.4) is 0 Å². The Morgan fingerprint density at radius 1 is 0.875 bits per heavy atom. The van der Waals surface area contributed by atoms with Crippen LogP contribution in [-0.2, 0) is 14.2 Å². The monoisotopic (exact) mass is 657 g/mol. The number of nitrogens with one attached hydrogen (secondary N) is 1. The van der Waals surface area contributed by atoms with Gasteiger partial charge < -0.3 is 25.3 Å². The number of hydrogen-bond acceptors (Lipinski definition) is 10. The summed E-state index contributed by atoms with van der Waals surface area (Å²) in [6.45, 7) is 16.2. The maximum atomic E-state index is 13.6. The molecule has 3 N–H and O–H groups in total. The number of Topliss-reactive ketones (excluding diaryl/α,β-unsaturated/α-hetero) is 1. The van der Waals surface area contributed by atoms with E-state index in [0.29, 0.717) is 38.9 Å². The minimum absolute atomic E-state index is 0.0266. The van der Waals surface area contributed by atoms with Gasteiger partial charge in [-0.1, -0.05) is 26.0 Å². The van der Waals surface area contributed by atoms with Gasteiger partial charge in [-0.2, -0.15) is 0 Å².